The molecule has 0 saturated carbocycles. The van der Waals surface area contributed by atoms with Gasteiger partial charge in [0.15, 0.2) is 11.9 Å². The molecule has 58 valence electrons. The van der Waals surface area contributed by atoms with E-state index in [2.05, 4.69) is 6.07 Å². The van der Waals surface area contributed by atoms with Crippen LogP contribution in [0.5, 0.6) is 0 Å². The first kappa shape index (κ1) is 9.93. The third kappa shape index (κ3) is 2.57. The highest BCUT2D eigenvalue weighted by molar-refractivity contribution is 4.94. The number of nitrogens with zero attached hydrogens (tertiary/aromatic N) is 2. The van der Waals surface area contributed by atoms with Gasteiger partial charge in [-0.2, -0.15) is 9.83 Å². The van der Waals surface area contributed by atoms with Gasteiger partial charge in [0.1, 0.15) is 6.07 Å². The summed E-state index contributed by atoms with van der Waals surface area (Å²) in [6.45, 7) is 2.42. The van der Waals surface area contributed by atoms with Crippen molar-refractivity contribution in [3.8, 4) is 6.07 Å². The van der Waals surface area contributed by atoms with Gasteiger partial charge in [-0.05, 0) is 0 Å². The lowest BCUT2D eigenvalue weighted by atomic mass is 10.3. The largest absolute Gasteiger partial charge is 1.00 e. The highest BCUT2D eigenvalue weighted by Gasteiger charge is 2.00. The monoisotopic (exact) mass is 168 g/mol. The molecule has 2 nitrogen and oxygen atoms in total. The van der Waals surface area contributed by atoms with Crippen LogP contribution in [0.4, 0.5) is 0 Å². The first-order chi connectivity index (χ1) is 4.84. The maximum Gasteiger partial charge on any atom is 0.234 e. The molecule has 11 heavy (non-hydrogen) atoms. The predicted molar refractivity (Wildman–Crippen MR) is 37.0 cm³/mol. The smallest absolute Gasteiger partial charge is 0.234 e. The molecule has 1 rings (SSSR count). The number of nitriles is 1. The van der Waals surface area contributed by atoms with Gasteiger partial charge in [0.25, 0.3) is 0 Å². The zero-order valence-electron chi connectivity index (χ0n) is 6.29. The minimum atomic E-state index is 0. The van der Waals surface area contributed by atoms with Crippen LogP contribution in [-0.2, 0) is 6.54 Å². The van der Waals surface area contributed by atoms with Crippen molar-refractivity contribution in [1.82, 2.24) is 0 Å². The van der Waals surface area contributed by atoms with Crippen LogP contribution in [0.15, 0.2) is 24.4 Å². The second-order valence-electron chi connectivity index (χ2n) is 2.13. The minimum absolute atomic E-state index is 0. The van der Waals surface area contributed by atoms with Crippen molar-refractivity contribution in [3.05, 3.63) is 30.1 Å². The number of pyridine rings is 1. The van der Waals surface area contributed by atoms with Crippen LogP contribution < -0.4 is 17.0 Å². The van der Waals surface area contributed by atoms with E-state index in [1.807, 2.05) is 35.9 Å². The van der Waals surface area contributed by atoms with E-state index in [9.17, 15) is 0 Å². The maximum atomic E-state index is 8.37. The first-order valence-corrected chi connectivity index (χ1v) is 3.16. The molecule has 0 amide bonds. The Bertz CT molecular complexity index is 265. The van der Waals surface area contributed by atoms with E-state index in [-0.39, 0.29) is 12.4 Å². The molecular formula is C8H9ClN2. The Morgan fingerprint density at radius 1 is 1.55 bits per heavy atom. The van der Waals surface area contributed by atoms with E-state index in [0.29, 0.717) is 6.54 Å². The Hall–Kier alpha value is -1.07. The lowest BCUT2D eigenvalue weighted by Gasteiger charge is -1.91. The summed E-state index contributed by atoms with van der Waals surface area (Å²) >= 11 is 0. The van der Waals surface area contributed by atoms with Gasteiger partial charge >= 0.3 is 0 Å². The van der Waals surface area contributed by atoms with Crippen LogP contribution in [0.25, 0.3) is 0 Å². The lowest BCUT2D eigenvalue weighted by Crippen LogP contribution is -3.00. The molecule has 0 saturated heterocycles. The molecule has 0 aromatic carbocycles. The lowest BCUT2D eigenvalue weighted by molar-refractivity contribution is -0.691. The van der Waals surface area contributed by atoms with Crippen molar-refractivity contribution >= 4 is 0 Å². The molecule has 1 aromatic heterocycles. The third-order valence-electron chi connectivity index (χ3n) is 1.41. The van der Waals surface area contributed by atoms with Crippen molar-refractivity contribution in [2.24, 2.45) is 0 Å². The van der Waals surface area contributed by atoms with Crippen molar-refractivity contribution in [2.45, 2.75) is 13.5 Å². The Labute approximate surface area is 72.5 Å². The van der Waals surface area contributed by atoms with E-state index in [0.717, 1.165) is 5.69 Å². The molecule has 0 unspecified atom stereocenters. The molecule has 0 N–H and O–H groups in total. The fourth-order valence-corrected chi connectivity index (χ4v) is 0.815. The Morgan fingerprint density at radius 3 is 2.82 bits per heavy atom. The number of hydrogen-bond donors (Lipinski definition) is 0. The van der Waals surface area contributed by atoms with Crippen molar-refractivity contribution in [1.29, 1.82) is 5.26 Å². The van der Waals surface area contributed by atoms with Gasteiger partial charge in [-0.3, -0.25) is 0 Å². The van der Waals surface area contributed by atoms with Crippen LogP contribution in [0.2, 0.25) is 0 Å². The van der Waals surface area contributed by atoms with Gasteiger partial charge in [-0.15, -0.1) is 0 Å². The average molecular weight is 169 g/mol. The molecule has 0 bridgehead atoms. The third-order valence-corrected chi connectivity index (χ3v) is 1.41. The summed E-state index contributed by atoms with van der Waals surface area (Å²) in [6, 6.07) is 7.95. The molecule has 0 radical (unpaired) electrons. The second kappa shape index (κ2) is 4.70. The van der Waals surface area contributed by atoms with E-state index >= 15 is 0 Å². The standard InChI is InChI=1S/C8H9N2.ClH/c1-8-4-2-3-6-10(8)7-5-9;/h2-4,6H,7H2,1H3;1H/q+1;/p-1. The quantitative estimate of drug-likeness (QED) is 0.438. The number of aryl methyl sites for hydroxylation is 1. The molecule has 0 aliphatic rings. The number of rotatable bonds is 1. The normalized spacial score (nSPS) is 8.00. The van der Waals surface area contributed by atoms with E-state index in [1.165, 1.54) is 0 Å². The summed E-state index contributed by atoms with van der Waals surface area (Å²) in [6.07, 6.45) is 1.90. The van der Waals surface area contributed by atoms with Crippen molar-refractivity contribution < 1.29 is 17.0 Å². The average Bonchev–Trinajstić information content (AvgIpc) is 1.94. The van der Waals surface area contributed by atoms with Crippen LogP contribution in [-0.4, -0.2) is 0 Å². The van der Waals surface area contributed by atoms with Crippen molar-refractivity contribution in [3.63, 3.8) is 0 Å². The van der Waals surface area contributed by atoms with Crippen LogP contribution in [0.1, 0.15) is 5.69 Å². The number of hydrogen-bond acceptors (Lipinski definition) is 1. The maximum absolute atomic E-state index is 8.37. The summed E-state index contributed by atoms with van der Waals surface area (Å²) in [5.41, 5.74) is 1.11. The topological polar surface area (TPSA) is 27.7 Å². The number of aromatic nitrogens is 1. The van der Waals surface area contributed by atoms with Crippen LogP contribution >= 0.6 is 0 Å². The summed E-state index contributed by atoms with van der Waals surface area (Å²) in [4.78, 5) is 0. The Kier molecular flexibility index (Phi) is 4.24. The second-order valence-corrected chi connectivity index (χ2v) is 2.13. The molecule has 1 heterocycles. The summed E-state index contributed by atoms with van der Waals surface area (Å²) in [5, 5.41) is 8.37. The SMILES string of the molecule is Cc1cccc[n+]1CC#N.[Cl-]. The van der Waals surface area contributed by atoms with Crippen LogP contribution in [0.3, 0.4) is 0 Å². The molecule has 0 fully saturated rings. The zero-order valence-corrected chi connectivity index (χ0v) is 7.04. The van der Waals surface area contributed by atoms with Gasteiger partial charge in [0, 0.05) is 19.1 Å². The van der Waals surface area contributed by atoms with Crippen LogP contribution in [0, 0.1) is 18.3 Å². The summed E-state index contributed by atoms with van der Waals surface area (Å²) in [5.74, 6) is 0. The van der Waals surface area contributed by atoms with E-state index in [4.69, 9.17) is 5.26 Å². The highest BCUT2D eigenvalue weighted by Crippen LogP contribution is 1.85. The molecular weight excluding hydrogens is 160 g/mol. The fourth-order valence-electron chi connectivity index (χ4n) is 0.815. The van der Waals surface area contributed by atoms with E-state index in [1.54, 1.807) is 0 Å². The van der Waals surface area contributed by atoms with Gasteiger partial charge in [-0.25, -0.2) is 0 Å². The molecule has 1 aromatic rings. The molecule has 0 aliphatic heterocycles. The van der Waals surface area contributed by atoms with Gasteiger partial charge in [0.2, 0.25) is 6.54 Å². The van der Waals surface area contributed by atoms with Gasteiger partial charge in [0.05, 0.1) is 0 Å². The molecule has 0 spiro atoms. The van der Waals surface area contributed by atoms with Gasteiger partial charge < -0.3 is 12.4 Å². The Morgan fingerprint density at radius 2 is 2.27 bits per heavy atom. The van der Waals surface area contributed by atoms with Gasteiger partial charge in [-0.1, -0.05) is 6.07 Å². The molecule has 0 atom stereocenters. The van der Waals surface area contributed by atoms with Crippen molar-refractivity contribution in [2.75, 3.05) is 0 Å². The fraction of sp³-hybridized carbons (Fsp3) is 0.250. The summed E-state index contributed by atoms with van der Waals surface area (Å²) < 4.78 is 1.90. The molecule has 3 heteroatoms. The molecule has 0 aliphatic carbocycles. The minimum Gasteiger partial charge on any atom is -1.00 e. The highest BCUT2D eigenvalue weighted by atomic mass is 35.5. The first-order valence-electron chi connectivity index (χ1n) is 3.16. The zero-order chi connectivity index (χ0) is 7.40. The predicted octanol–water partition coefficient (Wildman–Crippen LogP) is -2.19. The van der Waals surface area contributed by atoms with E-state index < -0.39 is 0 Å². The number of halogens is 1. The summed E-state index contributed by atoms with van der Waals surface area (Å²) in [7, 11) is 0. The Balaban J connectivity index is 0.000001000.